The Bertz CT molecular complexity index is 1120. The zero-order chi connectivity index (χ0) is 21.5. The third kappa shape index (κ3) is 5.93. The van der Waals surface area contributed by atoms with Gasteiger partial charge in [-0.3, -0.25) is 4.79 Å². The molecule has 0 aliphatic heterocycles. The molecule has 2 aromatic carbocycles. The number of nitrogens with one attached hydrogen (secondary N) is 3. The molecule has 0 unspecified atom stereocenters. The SMILES string of the molecule is O=C(CCCc1nc2ccccc2s1)Nc1ccc(NC(=O)NCc2ccco2)cc1. The van der Waals surface area contributed by atoms with Crippen LogP contribution >= 0.6 is 11.3 Å². The topological polar surface area (TPSA) is 96.3 Å². The highest BCUT2D eigenvalue weighted by Crippen LogP contribution is 2.23. The van der Waals surface area contributed by atoms with E-state index >= 15 is 0 Å². The van der Waals surface area contributed by atoms with Crippen LogP contribution in [0.4, 0.5) is 16.2 Å². The Labute approximate surface area is 183 Å². The molecule has 0 radical (unpaired) electrons. The minimum absolute atomic E-state index is 0.0435. The molecule has 2 aromatic heterocycles. The largest absolute Gasteiger partial charge is 0.467 e. The molecular weight excluding hydrogens is 412 g/mol. The van der Waals surface area contributed by atoms with Crippen molar-refractivity contribution in [2.75, 3.05) is 10.6 Å². The first-order valence-corrected chi connectivity index (χ1v) is 10.8. The van der Waals surface area contributed by atoms with Crippen molar-refractivity contribution in [3.8, 4) is 0 Å². The maximum absolute atomic E-state index is 12.2. The van der Waals surface area contributed by atoms with Crippen molar-refractivity contribution >= 4 is 44.9 Å². The molecule has 0 saturated carbocycles. The number of para-hydroxylation sites is 1. The van der Waals surface area contributed by atoms with E-state index in [0.29, 0.717) is 30.1 Å². The predicted molar refractivity (Wildman–Crippen MR) is 122 cm³/mol. The van der Waals surface area contributed by atoms with Crippen LogP contribution in [0.2, 0.25) is 0 Å². The van der Waals surface area contributed by atoms with Crippen molar-refractivity contribution in [2.45, 2.75) is 25.8 Å². The second-order valence-electron chi connectivity index (χ2n) is 6.94. The van der Waals surface area contributed by atoms with Gasteiger partial charge in [-0.05, 0) is 61.4 Å². The molecule has 2 heterocycles. The van der Waals surface area contributed by atoms with Gasteiger partial charge in [0, 0.05) is 17.8 Å². The summed E-state index contributed by atoms with van der Waals surface area (Å²) in [7, 11) is 0. The lowest BCUT2D eigenvalue weighted by atomic mass is 10.2. The maximum atomic E-state index is 12.2. The van der Waals surface area contributed by atoms with E-state index in [4.69, 9.17) is 4.42 Å². The number of fused-ring (bicyclic) bond motifs is 1. The average molecular weight is 435 g/mol. The molecule has 31 heavy (non-hydrogen) atoms. The second kappa shape index (κ2) is 9.90. The molecule has 7 nitrogen and oxygen atoms in total. The number of anilines is 2. The Morgan fingerprint density at radius 2 is 1.71 bits per heavy atom. The number of furan rings is 1. The minimum atomic E-state index is -0.331. The molecule has 0 aliphatic rings. The standard InChI is InChI=1S/C23H22N4O3S/c28-21(8-3-9-22-27-19-6-1-2-7-20(19)31-22)25-16-10-12-17(13-11-16)26-23(29)24-15-18-5-4-14-30-18/h1-2,4-7,10-14H,3,8-9,15H2,(H,25,28)(H2,24,26,29). The van der Waals surface area contributed by atoms with Crippen molar-refractivity contribution in [1.29, 1.82) is 0 Å². The monoisotopic (exact) mass is 434 g/mol. The van der Waals surface area contributed by atoms with Crippen LogP contribution in [0.15, 0.2) is 71.3 Å². The van der Waals surface area contributed by atoms with E-state index in [1.54, 1.807) is 54.0 Å². The van der Waals surface area contributed by atoms with E-state index in [-0.39, 0.29) is 11.9 Å². The van der Waals surface area contributed by atoms with Crippen molar-refractivity contribution < 1.29 is 14.0 Å². The Kier molecular flexibility index (Phi) is 6.59. The first-order chi connectivity index (χ1) is 15.2. The molecule has 3 amide bonds. The van der Waals surface area contributed by atoms with Gasteiger partial charge in [0.05, 0.1) is 28.0 Å². The van der Waals surface area contributed by atoms with Crippen molar-refractivity contribution in [3.05, 3.63) is 77.7 Å². The van der Waals surface area contributed by atoms with Crippen molar-refractivity contribution in [3.63, 3.8) is 0 Å². The zero-order valence-corrected chi connectivity index (χ0v) is 17.6. The lowest BCUT2D eigenvalue weighted by Crippen LogP contribution is -2.27. The van der Waals surface area contributed by atoms with Crippen LogP contribution in [0.1, 0.15) is 23.6 Å². The summed E-state index contributed by atoms with van der Waals surface area (Å²) in [6.45, 7) is 0.310. The van der Waals surface area contributed by atoms with Gasteiger partial charge in [0.2, 0.25) is 5.91 Å². The number of nitrogens with zero attached hydrogens (tertiary/aromatic N) is 1. The van der Waals surface area contributed by atoms with Crippen LogP contribution in [0.3, 0.4) is 0 Å². The number of carbonyl (C=O) groups is 2. The number of thiazole rings is 1. The molecule has 0 aliphatic carbocycles. The van der Waals surface area contributed by atoms with Crippen LogP contribution in [0, 0.1) is 0 Å². The van der Waals surface area contributed by atoms with Gasteiger partial charge < -0.3 is 20.4 Å². The van der Waals surface area contributed by atoms with E-state index in [1.165, 1.54) is 4.70 Å². The zero-order valence-electron chi connectivity index (χ0n) is 16.8. The van der Waals surface area contributed by atoms with Crippen LogP contribution in [0.5, 0.6) is 0 Å². The first-order valence-electron chi connectivity index (χ1n) is 9.97. The number of aryl methyl sites for hydroxylation is 1. The lowest BCUT2D eigenvalue weighted by Gasteiger charge is -2.08. The normalized spacial score (nSPS) is 10.7. The number of hydrogen-bond donors (Lipinski definition) is 3. The van der Waals surface area contributed by atoms with E-state index in [9.17, 15) is 9.59 Å². The smallest absolute Gasteiger partial charge is 0.319 e. The lowest BCUT2D eigenvalue weighted by molar-refractivity contribution is -0.116. The molecular formula is C23H22N4O3S. The molecule has 0 fully saturated rings. The molecule has 8 heteroatoms. The maximum Gasteiger partial charge on any atom is 0.319 e. The molecule has 4 rings (SSSR count). The van der Waals surface area contributed by atoms with Crippen LogP contribution in [-0.4, -0.2) is 16.9 Å². The van der Waals surface area contributed by atoms with Crippen LogP contribution in [-0.2, 0) is 17.8 Å². The van der Waals surface area contributed by atoms with E-state index in [0.717, 1.165) is 23.4 Å². The average Bonchev–Trinajstić information content (AvgIpc) is 3.43. The summed E-state index contributed by atoms with van der Waals surface area (Å²) >= 11 is 1.67. The fraction of sp³-hybridized carbons (Fsp3) is 0.174. The van der Waals surface area contributed by atoms with E-state index < -0.39 is 0 Å². The Morgan fingerprint density at radius 3 is 2.45 bits per heavy atom. The number of rotatable bonds is 8. The van der Waals surface area contributed by atoms with Gasteiger partial charge in [-0.15, -0.1) is 11.3 Å². The Hall–Kier alpha value is -3.65. The summed E-state index contributed by atoms with van der Waals surface area (Å²) in [5.41, 5.74) is 2.33. The molecule has 4 aromatic rings. The van der Waals surface area contributed by atoms with Crippen LogP contribution < -0.4 is 16.0 Å². The van der Waals surface area contributed by atoms with Gasteiger partial charge in [-0.25, -0.2) is 9.78 Å². The third-order valence-electron chi connectivity index (χ3n) is 4.56. The van der Waals surface area contributed by atoms with Crippen LogP contribution in [0.25, 0.3) is 10.2 Å². The van der Waals surface area contributed by atoms with Gasteiger partial charge in [0.1, 0.15) is 5.76 Å². The van der Waals surface area contributed by atoms with Crippen molar-refractivity contribution in [2.24, 2.45) is 0 Å². The molecule has 3 N–H and O–H groups in total. The molecule has 0 atom stereocenters. The highest BCUT2D eigenvalue weighted by atomic mass is 32.1. The number of urea groups is 1. The molecule has 0 bridgehead atoms. The van der Waals surface area contributed by atoms with Gasteiger partial charge in [0.15, 0.2) is 0 Å². The summed E-state index contributed by atoms with van der Waals surface area (Å²) < 4.78 is 6.34. The van der Waals surface area contributed by atoms with Gasteiger partial charge in [-0.1, -0.05) is 12.1 Å². The van der Waals surface area contributed by atoms with Gasteiger partial charge in [0.25, 0.3) is 0 Å². The van der Waals surface area contributed by atoms with Gasteiger partial charge in [-0.2, -0.15) is 0 Å². The van der Waals surface area contributed by atoms with Crippen molar-refractivity contribution in [1.82, 2.24) is 10.3 Å². The first kappa shape index (κ1) is 20.6. The number of amides is 3. The van der Waals surface area contributed by atoms with E-state index in [2.05, 4.69) is 27.0 Å². The molecule has 0 saturated heterocycles. The highest BCUT2D eigenvalue weighted by molar-refractivity contribution is 7.18. The fourth-order valence-corrected chi connectivity index (χ4v) is 4.05. The Morgan fingerprint density at radius 1 is 0.935 bits per heavy atom. The van der Waals surface area contributed by atoms with Gasteiger partial charge >= 0.3 is 6.03 Å². The summed E-state index contributed by atoms with van der Waals surface area (Å²) in [6, 6.07) is 18.3. The predicted octanol–water partition coefficient (Wildman–Crippen LogP) is 5.17. The Balaban J connectivity index is 1.19. The number of hydrogen-bond acceptors (Lipinski definition) is 5. The van der Waals surface area contributed by atoms with E-state index in [1.807, 2.05) is 18.2 Å². The number of aromatic nitrogens is 1. The summed E-state index contributed by atoms with van der Waals surface area (Å²) in [5, 5.41) is 9.38. The summed E-state index contributed by atoms with van der Waals surface area (Å²) in [4.78, 5) is 28.7. The number of benzene rings is 2. The highest BCUT2D eigenvalue weighted by Gasteiger charge is 2.07. The third-order valence-corrected chi connectivity index (χ3v) is 5.66. The fourth-order valence-electron chi connectivity index (χ4n) is 3.04. The molecule has 0 spiro atoms. The quantitative estimate of drug-likeness (QED) is 0.356. The molecule has 158 valence electrons. The minimum Gasteiger partial charge on any atom is -0.467 e. The summed E-state index contributed by atoms with van der Waals surface area (Å²) in [6.07, 6.45) is 3.50. The summed E-state index contributed by atoms with van der Waals surface area (Å²) in [5.74, 6) is 0.634. The number of carbonyl (C=O) groups excluding carboxylic acids is 2. The second-order valence-corrected chi connectivity index (χ2v) is 8.06.